The van der Waals surface area contributed by atoms with E-state index < -0.39 is 9.84 Å². The molecule has 4 nitrogen and oxygen atoms in total. The molecule has 1 heterocycles. The first-order valence-electron chi connectivity index (χ1n) is 6.09. The molecule has 1 fully saturated rings. The van der Waals surface area contributed by atoms with Gasteiger partial charge in [-0.15, -0.1) is 11.6 Å². The van der Waals surface area contributed by atoms with Crippen molar-refractivity contribution in [1.82, 2.24) is 4.90 Å². The van der Waals surface area contributed by atoms with Gasteiger partial charge in [0.15, 0.2) is 0 Å². The maximum absolute atomic E-state index is 11.0. The van der Waals surface area contributed by atoms with Gasteiger partial charge in [0.2, 0.25) is 0 Å². The van der Waals surface area contributed by atoms with Crippen molar-refractivity contribution in [3.63, 3.8) is 0 Å². The molecule has 0 N–H and O–H groups in total. The number of sulfone groups is 1. The fourth-order valence-electron chi connectivity index (χ4n) is 2.06. The van der Waals surface area contributed by atoms with Crippen molar-refractivity contribution in [2.75, 3.05) is 44.1 Å². The molecule has 6 heteroatoms. The summed E-state index contributed by atoms with van der Waals surface area (Å²) in [5, 5.41) is 0. The van der Waals surface area contributed by atoms with E-state index in [2.05, 4.69) is 4.90 Å². The largest absolute Gasteiger partial charge is 0.377 e. The fourth-order valence-corrected chi connectivity index (χ4v) is 2.80. The topological polar surface area (TPSA) is 46.6 Å². The summed E-state index contributed by atoms with van der Waals surface area (Å²) < 4.78 is 27.6. The third-order valence-electron chi connectivity index (χ3n) is 2.95. The Balaban J connectivity index is 2.11. The first kappa shape index (κ1) is 15.2. The molecule has 0 unspecified atom stereocenters. The Bertz CT molecular complexity index is 300. The molecule has 0 saturated carbocycles. The van der Waals surface area contributed by atoms with E-state index in [-0.39, 0.29) is 5.75 Å². The molecule has 0 aromatic carbocycles. The highest BCUT2D eigenvalue weighted by molar-refractivity contribution is 7.90. The van der Waals surface area contributed by atoms with Crippen LogP contribution in [0.3, 0.4) is 0 Å². The van der Waals surface area contributed by atoms with E-state index >= 15 is 0 Å². The minimum Gasteiger partial charge on any atom is -0.377 e. The SMILES string of the molecule is CS(=O)(=O)CCCN1CCC(OCCCl)CC1. The lowest BCUT2D eigenvalue weighted by atomic mass is 10.1. The Morgan fingerprint density at radius 1 is 1.35 bits per heavy atom. The second kappa shape index (κ2) is 7.56. The number of alkyl halides is 1. The Labute approximate surface area is 109 Å². The number of hydrogen-bond donors (Lipinski definition) is 0. The lowest BCUT2D eigenvalue weighted by Gasteiger charge is -2.31. The van der Waals surface area contributed by atoms with E-state index in [1.54, 1.807) is 0 Å². The van der Waals surface area contributed by atoms with E-state index in [0.29, 0.717) is 18.6 Å². The predicted octanol–water partition coefficient (Wildman–Crippen LogP) is 1.14. The summed E-state index contributed by atoms with van der Waals surface area (Å²) in [4.78, 5) is 2.31. The van der Waals surface area contributed by atoms with Crippen molar-refractivity contribution in [2.45, 2.75) is 25.4 Å². The van der Waals surface area contributed by atoms with Gasteiger partial charge in [-0.05, 0) is 25.8 Å². The zero-order valence-corrected chi connectivity index (χ0v) is 12.0. The molecule has 0 radical (unpaired) electrons. The molecular formula is C11H22ClNO3S. The average Bonchev–Trinajstić information content (AvgIpc) is 2.26. The average molecular weight is 284 g/mol. The number of rotatable bonds is 7. The number of piperidine rings is 1. The van der Waals surface area contributed by atoms with Crippen molar-refractivity contribution in [2.24, 2.45) is 0 Å². The Morgan fingerprint density at radius 3 is 2.53 bits per heavy atom. The van der Waals surface area contributed by atoms with Gasteiger partial charge in [-0.25, -0.2) is 8.42 Å². The van der Waals surface area contributed by atoms with Gasteiger partial charge >= 0.3 is 0 Å². The van der Waals surface area contributed by atoms with E-state index in [9.17, 15) is 8.42 Å². The molecule has 0 bridgehead atoms. The minimum atomic E-state index is -2.81. The van der Waals surface area contributed by atoms with Crippen LogP contribution in [0.25, 0.3) is 0 Å². The van der Waals surface area contributed by atoms with Gasteiger partial charge in [0, 0.05) is 25.2 Å². The Hall–Kier alpha value is 0.160. The third-order valence-corrected chi connectivity index (χ3v) is 4.14. The number of nitrogens with zero attached hydrogens (tertiary/aromatic N) is 1. The van der Waals surface area contributed by atoms with Gasteiger partial charge in [0.05, 0.1) is 18.5 Å². The zero-order chi connectivity index (χ0) is 12.7. The van der Waals surface area contributed by atoms with Crippen LogP contribution in [0.5, 0.6) is 0 Å². The normalized spacial score (nSPS) is 19.6. The number of hydrogen-bond acceptors (Lipinski definition) is 4. The summed E-state index contributed by atoms with van der Waals surface area (Å²) in [6.07, 6.45) is 4.40. The van der Waals surface area contributed by atoms with Crippen LogP contribution in [0.2, 0.25) is 0 Å². The highest BCUT2D eigenvalue weighted by Gasteiger charge is 2.19. The number of likely N-dealkylation sites (tertiary alicyclic amines) is 1. The quantitative estimate of drug-likeness (QED) is 0.658. The molecule has 1 saturated heterocycles. The highest BCUT2D eigenvalue weighted by atomic mass is 35.5. The maximum atomic E-state index is 11.0. The summed E-state index contributed by atoms with van der Waals surface area (Å²) in [5.74, 6) is 0.838. The monoisotopic (exact) mass is 283 g/mol. The van der Waals surface area contributed by atoms with Gasteiger partial charge in [-0.3, -0.25) is 0 Å². The summed E-state index contributed by atoms with van der Waals surface area (Å²) in [7, 11) is -2.81. The maximum Gasteiger partial charge on any atom is 0.147 e. The van der Waals surface area contributed by atoms with Gasteiger partial charge in [0.1, 0.15) is 9.84 Å². The molecule has 0 aromatic heterocycles. The van der Waals surface area contributed by atoms with E-state index in [0.717, 1.165) is 38.9 Å². The van der Waals surface area contributed by atoms with Gasteiger partial charge < -0.3 is 9.64 Å². The molecular weight excluding hydrogens is 262 g/mol. The molecule has 0 aliphatic carbocycles. The lowest BCUT2D eigenvalue weighted by Crippen LogP contribution is -2.38. The highest BCUT2D eigenvalue weighted by Crippen LogP contribution is 2.14. The smallest absolute Gasteiger partial charge is 0.147 e. The standard InChI is InChI=1S/C11H22ClNO3S/c1-17(14,15)10-2-6-13-7-3-11(4-8-13)16-9-5-12/h11H,2-10H2,1H3. The molecule has 0 amide bonds. The summed E-state index contributed by atoms with van der Waals surface area (Å²) in [6, 6.07) is 0. The van der Waals surface area contributed by atoms with Crippen molar-refractivity contribution >= 4 is 21.4 Å². The van der Waals surface area contributed by atoms with Crippen LogP contribution in [-0.4, -0.2) is 63.6 Å². The van der Waals surface area contributed by atoms with Crippen LogP contribution in [0, 0.1) is 0 Å². The van der Waals surface area contributed by atoms with Crippen molar-refractivity contribution < 1.29 is 13.2 Å². The van der Waals surface area contributed by atoms with E-state index in [1.807, 2.05) is 0 Å². The van der Waals surface area contributed by atoms with Crippen LogP contribution in [0.1, 0.15) is 19.3 Å². The van der Waals surface area contributed by atoms with E-state index in [4.69, 9.17) is 16.3 Å². The molecule has 0 aromatic rings. The van der Waals surface area contributed by atoms with Crippen molar-refractivity contribution in [3.8, 4) is 0 Å². The first-order valence-corrected chi connectivity index (χ1v) is 8.68. The Kier molecular flexibility index (Phi) is 6.77. The van der Waals surface area contributed by atoms with Crippen LogP contribution in [-0.2, 0) is 14.6 Å². The Morgan fingerprint density at radius 2 is 2.00 bits per heavy atom. The van der Waals surface area contributed by atoms with Crippen LogP contribution in [0.4, 0.5) is 0 Å². The zero-order valence-electron chi connectivity index (χ0n) is 10.4. The molecule has 1 rings (SSSR count). The molecule has 17 heavy (non-hydrogen) atoms. The molecule has 0 atom stereocenters. The predicted molar refractivity (Wildman–Crippen MR) is 70.5 cm³/mol. The molecule has 1 aliphatic rings. The van der Waals surface area contributed by atoms with Crippen molar-refractivity contribution in [1.29, 1.82) is 0 Å². The number of ether oxygens (including phenoxy) is 1. The third kappa shape index (κ3) is 7.24. The molecule has 1 aliphatic heterocycles. The molecule has 0 spiro atoms. The van der Waals surface area contributed by atoms with Gasteiger partial charge in [0.25, 0.3) is 0 Å². The second-order valence-corrected chi connectivity index (χ2v) is 7.22. The first-order chi connectivity index (χ1) is 8.01. The molecule has 102 valence electrons. The van der Waals surface area contributed by atoms with Crippen molar-refractivity contribution in [3.05, 3.63) is 0 Å². The summed E-state index contributed by atoms with van der Waals surface area (Å²) in [6.45, 7) is 3.49. The van der Waals surface area contributed by atoms with Crippen LogP contribution in [0.15, 0.2) is 0 Å². The minimum absolute atomic E-state index is 0.287. The van der Waals surface area contributed by atoms with Gasteiger partial charge in [-0.2, -0.15) is 0 Å². The van der Waals surface area contributed by atoms with Gasteiger partial charge in [-0.1, -0.05) is 0 Å². The summed E-state index contributed by atoms with van der Waals surface area (Å²) >= 11 is 5.57. The second-order valence-electron chi connectivity index (χ2n) is 4.58. The summed E-state index contributed by atoms with van der Waals surface area (Å²) in [5.41, 5.74) is 0. The lowest BCUT2D eigenvalue weighted by molar-refractivity contribution is 0.0153. The van der Waals surface area contributed by atoms with Crippen LogP contribution < -0.4 is 0 Å². The fraction of sp³-hybridized carbons (Fsp3) is 1.00. The number of halogens is 1. The van der Waals surface area contributed by atoms with Crippen LogP contribution >= 0.6 is 11.6 Å². The van der Waals surface area contributed by atoms with E-state index in [1.165, 1.54) is 6.26 Å².